The van der Waals surface area contributed by atoms with Gasteiger partial charge in [0.15, 0.2) is 5.78 Å². The molecule has 3 rings (SSSR count). The van der Waals surface area contributed by atoms with Gasteiger partial charge in [0, 0.05) is 43.1 Å². The summed E-state index contributed by atoms with van der Waals surface area (Å²) in [4.78, 5) is 44.6. The molecule has 1 aliphatic heterocycles. The Labute approximate surface area is 183 Å². The Morgan fingerprint density at radius 2 is 1.71 bits per heavy atom. The van der Waals surface area contributed by atoms with Gasteiger partial charge in [-0.25, -0.2) is 0 Å². The molecule has 7 heteroatoms. The third-order valence-electron chi connectivity index (χ3n) is 5.91. The van der Waals surface area contributed by atoms with E-state index >= 15 is 0 Å². The zero-order valence-corrected chi connectivity index (χ0v) is 18.9. The number of ketones is 1. The summed E-state index contributed by atoms with van der Waals surface area (Å²) in [5, 5.41) is 3.01. The van der Waals surface area contributed by atoms with Gasteiger partial charge in [0.1, 0.15) is 5.69 Å². The van der Waals surface area contributed by atoms with E-state index in [1.807, 2.05) is 38.1 Å². The van der Waals surface area contributed by atoms with Gasteiger partial charge in [-0.05, 0) is 43.9 Å². The van der Waals surface area contributed by atoms with Crippen molar-refractivity contribution >= 4 is 23.3 Å². The molecule has 1 saturated heterocycles. The summed E-state index contributed by atoms with van der Waals surface area (Å²) in [5.41, 5.74) is 4.67. The number of hydrogen-bond donors (Lipinski definition) is 2. The number of aromatic nitrogens is 1. The Hall–Kier alpha value is -2.93. The molecule has 31 heavy (non-hydrogen) atoms. The van der Waals surface area contributed by atoms with Crippen molar-refractivity contribution in [2.45, 2.75) is 40.5 Å². The molecule has 0 bridgehead atoms. The van der Waals surface area contributed by atoms with E-state index in [2.05, 4.69) is 22.1 Å². The first-order valence-electron chi connectivity index (χ1n) is 11.0. The zero-order chi connectivity index (χ0) is 22.5. The number of hydrogen-bond acceptors (Lipinski definition) is 4. The van der Waals surface area contributed by atoms with E-state index in [0.717, 1.165) is 28.9 Å². The van der Waals surface area contributed by atoms with Crippen molar-refractivity contribution in [1.82, 2.24) is 14.8 Å². The number of Topliss-reactive ketones (excluding diaryl/α,β-unsaturated/α-hetero) is 1. The second-order valence-electron chi connectivity index (χ2n) is 8.02. The number of rotatable bonds is 7. The highest BCUT2D eigenvalue weighted by molar-refractivity contribution is 6.02. The number of aromatic amines is 1. The van der Waals surface area contributed by atoms with Gasteiger partial charge in [-0.15, -0.1) is 0 Å². The summed E-state index contributed by atoms with van der Waals surface area (Å²) in [6.07, 6.45) is 1.49. The van der Waals surface area contributed by atoms with E-state index in [9.17, 15) is 14.4 Å². The molecule has 2 heterocycles. The molecule has 7 nitrogen and oxygen atoms in total. The van der Waals surface area contributed by atoms with Crippen molar-refractivity contribution in [3.05, 3.63) is 52.3 Å². The smallest absolute Gasteiger partial charge is 0.270 e. The number of piperazine rings is 1. The Morgan fingerprint density at radius 3 is 2.32 bits per heavy atom. The van der Waals surface area contributed by atoms with Crippen LogP contribution in [-0.4, -0.2) is 65.1 Å². The third-order valence-corrected chi connectivity index (χ3v) is 5.91. The number of para-hydroxylation sites is 1. The second-order valence-corrected chi connectivity index (χ2v) is 8.02. The summed E-state index contributed by atoms with van der Waals surface area (Å²) in [5.74, 6) is -0.140. The average molecular weight is 425 g/mol. The minimum atomic E-state index is -0.0755. The normalized spacial score (nSPS) is 14.5. The fourth-order valence-electron chi connectivity index (χ4n) is 4.30. The average Bonchev–Trinajstić information content (AvgIpc) is 3.10. The molecule has 2 amide bonds. The van der Waals surface area contributed by atoms with Crippen LogP contribution in [0.3, 0.4) is 0 Å². The highest BCUT2D eigenvalue weighted by atomic mass is 16.2. The van der Waals surface area contributed by atoms with E-state index in [1.165, 1.54) is 6.92 Å². The molecule has 0 radical (unpaired) electrons. The highest BCUT2D eigenvalue weighted by Gasteiger charge is 2.28. The van der Waals surface area contributed by atoms with E-state index in [0.29, 0.717) is 50.4 Å². The molecule has 1 aromatic carbocycles. The molecule has 1 aromatic heterocycles. The predicted molar refractivity (Wildman–Crippen MR) is 122 cm³/mol. The van der Waals surface area contributed by atoms with Crippen LogP contribution >= 0.6 is 0 Å². The fraction of sp³-hybridized carbons (Fsp3) is 0.458. The van der Waals surface area contributed by atoms with Gasteiger partial charge in [0.25, 0.3) is 5.91 Å². The van der Waals surface area contributed by atoms with Crippen LogP contribution in [0.5, 0.6) is 0 Å². The Balaban J connectivity index is 1.58. The number of nitrogens with zero attached hydrogens (tertiary/aromatic N) is 2. The largest absolute Gasteiger partial charge is 0.354 e. The zero-order valence-electron chi connectivity index (χ0n) is 18.9. The maximum Gasteiger partial charge on any atom is 0.270 e. The van der Waals surface area contributed by atoms with Gasteiger partial charge >= 0.3 is 0 Å². The number of carbonyl (C=O) groups excluding carboxylic acids is 3. The minimum absolute atomic E-state index is 0.0230. The number of carbonyl (C=O) groups is 3. The van der Waals surface area contributed by atoms with E-state index in [-0.39, 0.29) is 17.6 Å². The predicted octanol–water partition coefficient (Wildman–Crippen LogP) is 3.05. The first-order valence-corrected chi connectivity index (χ1v) is 11.0. The number of nitrogens with one attached hydrogen (secondary N) is 2. The standard InChI is InChI=1S/C24H32N4O3/c1-5-18-9-7-8-10-20(18)26-21(30)15-27-11-13-28(14-12-27)24(31)23-19(6-2)22(17(4)29)16(3)25-23/h7-10,25H,5-6,11-15H2,1-4H3,(H,26,30). The number of anilines is 1. The van der Waals surface area contributed by atoms with Gasteiger partial charge in [-0.3, -0.25) is 19.3 Å². The molecule has 0 spiro atoms. The molecule has 0 unspecified atom stereocenters. The first kappa shape index (κ1) is 22.7. The van der Waals surface area contributed by atoms with E-state index in [1.54, 1.807) is 4.90 Å². The lowest BCUT2D eigenvalue weighted by Gasteiger charge is -2.34. The van der Waals surface area contributed by atoms with Gasteiger partial charge < -0.3 is 15.2 Å². The molecule has 1 fully saturated rings. The molecule has 0 atom stereocenters. The van der Waals surface area contributed by atoms with Crippen molar-refractivity contribution in [3.8, 4) is 0 Å². The molecular weight excluding hydrogens is 392 g/mol. The van der Waals surface area contributed by atoms with Crippen LogP contribution < -0.4 is 5.32 Å². The number of aryl methyl sites for hydroxylation is 2. The lowest BCUT2D eigenvalue weighted by molar-refractivity contribution is -0.117. The number of amides is 2. The fourth-order valence-corrected chi connectivity index (χ4v) is 4.30. The van der Waals surface area contributed by atoms with E-state index in [4.69, 9.17) is 0 Å². The SMILES string of the molecule is CCc1ccccc1NC(=O)CN1CCN(C(=O)c2[nH]c(C)c(C(C)=O)c2CC)CC1. The van der Waals surface area contributed by atoms with Gasteiger partial charge in [-0.2, -0.15) is 0 Å². The summed E-state index contributed by atoms with van der Waals surface area (Å²) in [7, 11) is 0. The monoisotopic (exact) mass is 424 g/mol. The van der Waals surface area contributed by atoms with Crippen molar-refractivity contribution in [3.63, 3.8) is 0 Å². The van der Waals surface area contributed by atoms with E-state index < -0.39 is 0 Å². The summed E-state index contributed by atoms with van der Waals surface area (Å²) < 4.78 is 0. The lowest BCUT2D eigenvalue weighted by Crippen LogP contribution is -2.50. The summed E-state index contributed by atoms with van der Waals surface area (Å²) in [6, 6.07) is 7.83. The lowest BCUT2D eigenvalue weighted by atomic mass is 10.0. The number of benzene rings is 1. The van der Waals surface area contributed by atoms with Crippen molar-refractivity contribution in [2.24, 2.45) is 0 Å². The quantitative estimate of drug-likeness (QED) is 0.669. The van der Waals surface area contributed by atoms with Gasteiger partial charge in [0.05, 0.1) is 6.54 Å². The minimum Gasteiger partial charge on any atom is -0.354 e. The molecular formula is C24H32N4O3. The Bertz CT molecular complexity index is 971. The van der Waals surface area contributed by atoms with Crippen LogP contribution in [0.4, 0.5) is 5.69 Å². The molecule has 0 saturated carbocycles. The summed E-state index contributed by atoms with van der Waals surface area (Å²) >= 11 is 0. The first-order chi connectivity index (χ1) is 14.8. The van der Waals surface area contributed by atoms with Crippen LogP contribution in [0.25, 0.3) is 0 Å². The van der Waals surface area contributed by atoms with Crippen molar-refractivity contribution in [2.75, 3.05) is 38.0 Å². The second kappa shape index (κ2) is 9.92. The van der Waals surface area contributed by atoms with Gasteiger partial charge in [-0.1, -0.05) is 32.0 Å². The Morgan fingerprint density at radius 1 is 1.03 bits per heavy atom. The van der Waals surface area contributed by atoms with Crippen LogP contribution in [0.1, 0.15) is 58.4 Å². The maximum absolute atomic E-state index is 13.1. The molecule has 2 N–H and O–H groups in total. The summed E-state index contributed by atoms with van der Waals surface area (Å²) in [6.45, 7) is 10.1. The molecule has 1 aliphatic rings. The molecule has 166 valence electrons. The molecule has 2 aromatic rings. The maximum atomic E-state index is 13.1. The van der Waals surface area contributed by atoms with Crippen LogP contribution in [0.2, 0.25) is 0 Å². The van der Waals surface area contributed by atoms with Crippen LogP contribution in [0, 0.1) is 6.92 Å². The van der Waals surface area contributed by atoms with Crippen molar-refractivity contribution in [1.29, 1.82) is 0 Å². The van der Waals surface area contributed by atoms with Crippen LogP contribution in [0.15, 0.2) is 24.3 Å². The highest BCUT2D eigenvalue weighted by Crippen LogP contribution is 2.22. The topological polar surface area (TPSA) is 85.5 Å². The third kappa shape index (κ3) is 5.05. The van der Waals surface area contributed by atoms with Gasteiger partial charge in [0.2, 0.25) is 5.91 Å². The van der Waals surface area contributed by atoms with Crippen molar-refractivity contribution < 1.29 is 14.4 Å². The Kier molecular flexibility index (Phi) is 7.28. The number of H-pyrrole nitrogens is 1. The molecule has 0 aliphatic carbocycles. The van der Waals surface area contributed by atoms with Crippen LogP contribution in [-0.2, 0) is 17.6 Å².